The van der Waals surface area contributed by atoms with E-state index in [1.54, 1.807) is 0 Å². The monoisotopic (exact) mass is 318 g/mol. The molecule has 0 spiro atoms. The molecule has 4 N–H and O–H groups in total. The zero-order chi connectivity index (χ0) is 16.3. The molecule has 120 valence electrons. The Morgan fingerprint density at radius 2 is 1.04 bits per heavy atom. The number of aliphatic hydroxyl groups is 2. The summed E-state index contributed by atoms with van der Waals surface area (Å²) < 4.78 is 0. The van der Waals surface area contributed by atoms with Crippen LogP contribution in [0.4, 0.5) is 0 Å². The van der Waals surface area contributed by atoms with Crippen molar-refractivity contribution >= 4 is 21.8 Å². The van der Waals surface area contributed by atoms with Crippen LogP contribution in [0.2, 0.25) is 0 Å². The van der Waals surface area contributed by atoms with E-state index >= 15 is 0 Å². The third-order valence-electron chi connectivity index (χ3n) is 5.43. The van der Waals surface area contributed by atoms with Gasteiger partial charge in [0, 0.05) is 46.0 Å². The molecule has 5 rings (SSSR count). The fourth-order valence-electron chi connectivity index (χ4n) is 4.18. The minimum Gasteiger partial charge on any atom is -0.392 e. The number of rotatable bonds is 2. The summed E-state index contributed by atoms with van der Waals surface area (Å²) in [5.41, 5.74) is 4.04. The molecule has 4 nitrogen and oxygen atoms in total. The molecule has 0 bridgehead atoms. The van der Waals surface area contributed by atoms with Crippen molar-refractivity contribution in [3.63, 3.8) is 0 Å². The highest BCUT2D eigenvalue weighted by atomic mass is 16.3. The molecule has 4 heteroatoms. The summed E-state index contributed by atoms with van der Waals surface area (Å²) in [6.45, 7) is 0. The van der Waals surface area contributed by atoms with Crippen LogP contribution in [-0.2, 0) is 0 Å². The number of fused-ring (bicyclic) bond motifs is 2. The molecular weight excluding hydrogens is 300 g/mol. The SMILES string of the molecule is OC1C(c2c[nH]c3ccccc23)C(O)C1c1c[nH]c2ccccc12. The number of aromatic amines is 2. The van der Waals surface area contributed by atoms with Crippen molar-refractivity contribution in [3.05, 3.63) is 72.1 Å². The van der Waals surface area contributed by atoms with Gasteiger partial charge >= 0.3 is 0 Å². The number of nitrogens with one attached hydrogen (secondary N) is 2. The number of aromatic nitrogens is 2. The van der Waals surface area contributed by atoms with Crippen LogP contribution in [0.3, 0.4) is 0 Å². The molecule has 0 amide bonds. The van der Waals surface area contributed by atoms with Gasteiger partial charge in [0.2, 0.25) is 0 Å². The van der Waals surface area contributed by atoms with Crippen molar-refractivity contribution in [3.8, 4) is 0 Å². The molecule has 0 radical (unpaired) electrons. The van der Waals surface area contributed by atoms with Gasteiger partial charge in [-0.2, -0.15) is 0 Å². The van der Waals surface area contributed by atoms with E-state index in [1.165, 1.54) is 0 Å². The lowest BCUT2D eigenvalue weighted by atomic mass is 9.63. The fraction of sp³-hybridized carbons (Fsp3) is 0.200. The summed E-state index contributed by atoms with van der Waals surface area (Å²) in [6.07, 6.45) is 2.62. The van der Waals surface area contributed by atoms with E-state index in [0.29, 0.717) is 0 Å². The van der Waals surface area contributed by atoms with Crippen molar-refractivity contribution in [2.45, 2.75) is 24.0 Å². The van der Waals surface area contributed by atoms with Crippen molar-refractivity contribution < 1.29 is 10.2 Å². The Hall–Kier alpha value is -2.56. The van der Waals surface area contributed by atoms with Crippen LogP contribution >= 0.6 is 0 Å². The van der Waals surface area contributed by atoms with Gasteiger partial charge < -0.3 is 20.2 Å². The first-order valence-electron chi connectivity index (χ1n) is 8.24. The molecule has 0 unspecified atom stereocenters. The molecule has 0 saturated heterocycles. The Bertz CT molecular complexity index is 940. The van der Waals surface area contributed by atoms with Gasteiger partial charge in [0.1, 0.15) is 0 Å². The number of aliphatic hydroxyl groups excluding tert-OH is 2. The number of hydrogen-bond acceptors (Lipinski definition) is 2. The maximum atomic E-state index is 10.8. The third-order valence-corrected chi connectivity index (χ3v) is 5.43. The second-order valence-corrected chi connectivity index (χ2v) is 6.61. The average molecular weight is 318 g/mol. The lowest BCUT2D eigenvalue weighted by Crippen LogP contribution is -2.51. The third kappa shape index (κ3) is 1.75. The van der Waals surface area contributed by atoms with Gasteiger partial charge in [-0.15, -0.1) is 0 Å². The summed E-state index contributed by atoms with van der Waals surface area (Å²) in [6, 6.07) is 16.0. The molecule has 1 aliphatic carbocycles. The van der Waals surface area contributed by atoms with E-state index in [0.717, 1.165) is 32.9 Å². The Morgan fingerprint density at radius 3 is 1.50 bits per heavy atom. The van der Waals surface area contributed by atoms with E-state index < -0.39 is 12.2 Å². The maximum Gasteiger partial charge on any atom is 0.0728 e. The minimum atomic E-state index is -0.599. The van der Waals surface area contributed by atoms with Crippen molar-refractivity contribution in [2.75, 3.05) is 0 Å². The maximum absolute atomic E-state index is 10.8. The lowest BCUT2D eigenvalue weighted by Gasteiger charge is -2.46. The highest BCUT2D eigenvalue weighted by Crippen LogP contribution is 2.50. The van der Waals surface area contributed by atoms with E-state index in [1.807, 2.05) is 60.9 Å². The Labute approximate surface area is 138 Å². The zero-order valence-corrected chi connectivity index (χ0v) is 13.0. The summed E-state index contributed by atoms with van der Waals surface area (Å²) in [5, 5.41) is 23.8. The number of benzene rings is 2. The van der Waals surface area contributed by atoms with E-state index in [2.05, 4.69) is 9.97 Å². The Kier molecular flexibility index (Phi) is 2.86. The smallest absolute Gasteiger partial charge is 0.0728 e. The molecule has 2 heterocycles. The van der Waals surface area contributed by atoms with E-state index in [-0.39, 0.29) is 11.8 Å². The van der Waals surface area contributed by atoms with Crippen LogP contribution in [0.25, 0.3) is 21.8 Å². The van der Waals surface area contributed by atoms with Crippen LogP contribution in [0.1, 0.15) is 23.0 Å². The first-order chi connectivity index (χ1) is 11.8. The number of hydrogen-bond donors (Lipinski definition) is 4. The van der Waals surface area contributed by atoms with Crippen LogP contribution in [-0.4, -0.2) is 32.4 Å². The van der Waals surface area contributed by atoms with Crippen LogP contribution in [0, 0.1) is 0 Å². The standard InChI is InChI=1S/C20H18N2O2/c23-19-17(13-9-21-15-7-3-1-5-11(13)15)20(24)18(19)14-10-22-16-8-4-2-6-12(14)16/h1-10,17-24H. The van der Waals surface area contributed by atoms with Crippen molar-refractivity contribution in [2.24, 2.45) is 0 Å². The lowest BCUT2D eigenvalue weighted by molar-refractivity contribution is -0.0775. The Balaban J connectivity index is 1.54. The quantitative estimate of drug-likeness (QED) is 0.458. The molecule has 1 aliphatic rings. The number of H-pyrrole nitrogens is 2. The predicted octanol–water partition coefficient (Wildman–Crippen LogP) is 3.25. The molecule has 0 atom stereocenters. The normalized spacial score (nSPS) is 26.8. The van der Waals surface area contributed by atoms with Gasteiger partial charge in [0.25, 0.3) is 0 Å². The molecule has 0 aliphatic heterocycles. The summed E-state index contributed by atoms with van der Waals surface area (Å²) in [5.74, 6) is -0.528. The minimum absolute atomic E-state index is 0.264. The van der Waals surface area contributed by atoms with Gasteiger partial charge in [-0.05, 0) is 23.3 Å². The van der Waals surface area contributed by atoms with E-state index in [9.17, 15) is 10.2 Å². The molecule has 24 heavy (non-hydrogen) atoms. The fourth-order valence-corrected chi connectivity index (χ4v) is 4.18. The number of para-hydroxylation sites is 2. The molecule has 4 aromatic rings. The highest BCUT2D eigenvalue weighted by molar-refractivity contribution is 5.86. The molecule has 2 aromatic heterocycles. The summed E-state index contributed by atoms with van der Waals surface area (Å²) in [4.78, 5) is 6.46. The second-order valence-electron chi connectivity index (χ2n) is 6.61. The first kappa shape index (κ1) is 13.8. The topological polar surface area (TPSA) is 72.0 Å². The second kappa shape index (κ2) is 4.97. The molecule has 1 fully saturated rings. The van der Waals surface area contributed by atoms with Crippen molar-refractivity contribution in [1.82, 2.24) is 9.97 Å². The van der Waals surface area contributed by atoms with Crippen molar-refractivity contribution in [1.29, 1.82) is 0 Å². The molecular formula is C20H18N2O2. The largest absolute Gasteiger partial charge is 0.392 e. The van der Waals surface area contributed by atoms with E-state index in [4.69, 9.17) is 0 Å². The van der Waals surface area contributed by atoms with Crippen LogP contribution < -0.4 is 0 Å². The van der Waals surface area contributed by atoms with Crippen LogP contribution in [0.15, 0.2) is 60.9 Å². The summed E-state index contributed by atoms with van der Waals surface area (Å²) >= 11 is 0. The zero-order valence-electron chi connectivity index (χ0n) is 13.0. The Morgan fingerprint density at radius 1 is 0.625 bits per heavy atom. The van der Waals surface area contributed by atoms with Gasteiger partial charge in [0.15, 0.2) is 0 Å². The van der Waals surface area contributed by atoms with Crippen LogP contribution in [0.5, 0.6) is 0 Å². The average Bonchev–Trinajstić information content (AvgIpc) is 3.21. The van der Waals surface area contributed by atoms with Gasteiger partial charge in [-0.3, -0.25) is 0 Å². The summed E-state index contributed by atoms with van der Waals surface area (Å²) in [7, 11) is 0. The van der Waals surface area contributed by atoms with Gasteiger partial charge in [0.05, 0.1) is 12.2 Å². The van der Waals surface area contributed by atoms with Gasteiger partial charge in [-0.25, -0.2) is 0 Å². The first-order valence-corrected chi connectivity index (χ1v) is 8.24. The predicted molar refractivity (Wildman–Crippen MR) is 94.1 cm³/mol. The van der Waals surface area contributed by atoms with Gasteiger partial charge in [-0.1, -0.05) is 36.4 Å². The highest BCUT2D eigenvalue weighted by Gasteiger charge is 2.51. The molecule has 1 saturated carbocycles. The molecule has 2 aromatic carbocycles.